The second-order valence-corrected chi connectivity index (χ2v) is 2.82. The van der Waals surface area contributed by atoms with Gasteiger partial charge in [-0.25, -0.2) is 0 Å². The fourth-order valence-electron chi connectivity index (χ4n) is 1.17. The molecule has 0 aromatic carbocycles. The summed E-state index contributed by atoms with van der Waals surface area (Å²) in [4.78, 5) is 7.89. The zero-order valence-electron chi connectivity index (χ0n) is 9.14. The number of ether oxygens (including phenoxy) is 3. The Kier molecular flexibility index (Phi) is 3.68. The molecule has 1 atom stereocenters. The van der Waals surface area contributed by atoms with Gasteiger partial charge in [-0.1, -0.05) is 0 Å². The average molecular weight is 214 g/mol. The quantitative estimate of drug-likeness (QED) is 0.789. The summed E-state index contributed by atoms with van der Waals surface area (Å²) >= 11 is 0. The Morgan fingerprint density at radius 1 is 1.00 bits per heavy atom. The lowest BCUT2D eigenvalue weighted by molar-refractivity contribution is 0.184. The topological polar surface area (TPSA) is 73.7 Å². The molecule has 0 radical (unpaired) electrons. The molecular weight excluding hydrogens is 200 g/mol. The first-order valence-electron chi connectivity index (χ1n) is 4.36. The molecule has 1 heterocycles. The van der Waals surface area contributed by atoms with Gasteiger partial charge in [-0.3, -0.25) is 0 Å². The smallest absolute Gasteiger partial charge is 0.322 e. The second kappa shape index (κ2) is 4.79. The van der Waals surface area contributed by atoms with Crippen LogP contribution in [0.1, 0.15) is 18.6 Å². The van der Waals surface area contributed by atoms with Crippen molar-refractivity contribution in [2.45, 2.75) is 13.0 Å². The zero-order valence-corrected chi connectivity index (χ0v) is 9.14. The van der Waals surface area contributed by atoms with Gasteiger partial charge in [-0.05, 0) is 6.92 Å². The highest BCUT2D eigenvalue weighted by Gasteiger charge is 2.20. The summed E-state index contributed by atoms with van der Waals surface area (Å²) in [6.45, 7) is 1.58. The summed E-state index contributed by atoms with van der Waals surface area (Å²) in [6.07, 6.45) is -0.777. The van der Waals surface area contributed by atoms with Gasteiger partial charge in [-0.15, -0.1) is 0 Å². The van der Waals surface area contributed by atoms with Crippen molar-refractivity contribution >= 4 is 0 Å². The summed E-state index contributed by atoms with van der Waals surface area (Å²) in [5, 5.41) is 9.53. The largest absolute Gasteiger partial charge is 0.480 e. The standard InChI is InChI=1S/C9H14N2O4/c1-5(12)6-7(13-2)10-9(15-4)11-8(6)14-3/h5,12H,1-4H3. The number of aromatic nitrogens is 2. The fourth-order valence-corrected chi connectivity index (χ4v) is 1.17. The molecule has 0 fully saturated rings. The van der Waals surface area contributed by atoms with Crippen LogP contribution < -0.4 is 14.2 Å². The lowest BCUT2D eigenvalue weighted by atomic mass is 10.2. The summed E-state index contributed by atoms with van der Waals surface area (Å²) in [5.41, 5.74) is 0.404. The highest BCUT2D eigenvalue weighted by molar-refractivity contribution is 5.38. The van der Waals surface area contributed by atoms with Crippen molar-refractivity contribution in [1.82, 2.24) is 9.97 Å². The normalized spacial score (nSPS) is 12.1. The number of rotatable bonds is 4. The predicted octanol–water partition coefficient (Wildman–Crippen LogP) is 0.556. The number of methoxy groups -OCH3 is 3. The van der Waals surface area contributed by atoms with Crippen molar-refractivity contribution in [3.05, 3.63) is 5.56 Å². The minimum atomic E-state index is -0.777. The van der Waals surface area contributed by atoms with Crippen molar-refractivity contribution in [2.24, 2.45) is 0 Å². The third kappa shape index (κ3) is 2.27. The minimum Gasteiger partial charge on any atom is -0.480 e. The second-order valence-electron chi connectivity index (χ2n) is 2.82. The lowest BCUT2D eigenvalue weighted by Crippen LogP contribution is -2.06. The number of hydrogen-bond acceptors (Lipinski definition) is 6. The van der Waals surface area contributed by atoms with Crippen LogP contribution in [0.4, 0.5) is 0 Å². The third-order valence-electron chi connectivity index (χ3n) is 1.84. The van der Waals surface area contributed by atoms with Gasteiger partial charge in [0, 0.05) is 0 Å². The van der Waals surface area contributed by atoms with E-state index in [-0.39, 0.29) is 17.8 Å². The molecule has 0 bridgehead atoms. The molecule has 1 rings (SSSR count). The van der Waals surface area contributed by atoms with Gasteiger partial charge in [0.05, 0.1) is 27.4 Å². The molecular formula is C9H14N2O4. The average Bonchev–Trinajstić information content (AvgIpc) is 2.26. The zero-order chi connectivity index (χ0) is 11.4. The third-order valence-corrected chi connectivity index (χ3v) is 1.84. The summed E-state index contributed by atoms with van der Waals surface area (Å²) in [5.74, 6) is 0.488. The van der Waals surface area contributed by atoms with Crippen molar-refractivity contribution < 1.29 is 19.3 Å². The maximum Gasteiger partial charge on any atom is 0.322 e. The Hall–Kier alpha value is -1.56. The van der Waals surface area contributed by atoms with Crippen LogP contribution in [-0.2, 0) is 0 Å². The van der Waals surface area contributed by atoms with Crippen LogP contribution in [0.3, 0.4) is 0 Å². The Morgan fingerprint density at radius 2 is 1.47 bits per heavy atom. The van der Waals surface area contributed by atoms with E-state index in [4.69, 9.17) is 14.2 Å². The molecule has 6 nitrogen and oxygen atoms in total. The molecule has 84 valence electrons. The minimum absolute atomic E-state index is 0.133. The molecule has 0 amide bonds. The number of nitrogens with zero attached hydrogens (tertiary/aromatic N) is 2. The number of aliphatic hydroxyl groups excluding tert-OH is 1. The maximum atomic E-state index is 9.53. The Balaban J connectivity index is 3.32. The molecule has 0 saturated carbocycles. The highest BCUT2D eigenvalue weighted by Crippen LogP contribution is 2.32. The molecule has 15 heavy (non-hydrogen) atoms. The predicted molar refractivity (Wildman–Crippen MR) is 52.3 cm³/mol. The molecule has 1 aromatic rings. The van der Waals surface area contributed by atoms with Crippen molar-refractivity contribution in [3.8, 4) is 17.8 Å². The van der Waals surface area contributed by atoms with Gasteiger partial charge in [0.2, 0.25) is 11.8 Å². The van der Waals surface area contributed by atoms with Gasteiger partial charge in [0.1, 0.15) is 5.56 Å². The molecule has 0 spiro atoms. The lowest BCUT2D eigenvalue weighted by Gasteiger charge is -2.13. The summed E-state index contributed by atoms with van der Waals surface area (Å²) < 4.78 is 14.9. The Bertz CT molecular complexity index is 316. The van der Waals surface area contributed by atoms with Crippen LogP contribution in [0.5, 0.6) is 17.8 Å². The van der Waals surface area contributed by atoms with E-state index in [0.29, 0.717) is 5.56 Å². The molecule has 6 heteroatoms. The fraction of sp³-hybridized carbons (Fsp3) is 0.556. The highest BCUT2D eigenvalue weighted by atomic mass is 16.5. The Labute approximate surface area is 87.8 Å². The van der Waals surface area contributed by atoms with Crippen molar-refractivity contribution in [3.63, 3.8) is 0 Å². The van der Waals surface area contributed by atoms with Crippen LogP contribution in [0.25, 0.3) is 0 Å². The summed E-state index contributed by atoms with van der Waals surface area (Å²) in [7, 11) is 4.34. The van der Waals surface area contributed by atoms with Crippen LogP contribution in [0, 0.1) is 0 Å². The van der Waals surface area contributed by atoms with E-state index in [1.54, 1.807) is 6.92 Å². The van der Waals surface area contributed by atoms with Crippen molar-refractivity contribution in [1.29, 1.82) is 0 Å². The number of aliphatic hydroxyl groups is 1. The molecule has 0 saturated heterocycles. The molecule has 0 aliphatic rings. The van der Waals surface area contributed by atoms with Crippen LogP contribution in [-0.4, -0.2) is 36.4 Å². The maximum absolute atomic E-state index is 9.53. The van der Waals surface area contributed by atoms with Gasteiger partial charge in [0.15, 0.2) is 0 Å². The molecule has 1 N–H and O–H groups in total. The van der Waals surface area contributed by atoms with E-state index in [2.05, 4.69) is 9.97 Å². The Morgan fingerprint density at radius 3 is 1.73 bits per heavy atom. The first kappa shape index (κ1) is 11.5. The van der Waals surface area contributed by atoms with Crippen LogP contribution >= 0.6 is 0 Å². The van der Waals surface area contributed by atoms with E-state index in [1.807, 2.05) is 0 Å². The molecule has 1 unspecified atom stereocenters. The van der Waals surface area contributed by atoms with Crippen molar-refractivity contribution in [2.75, 3.05) is 21.3 Å². The van der Waals surface area contributed by atoms with Crippen LogP contribution in [0.15, 0.2) is 0 Å². The van der Waals surface area contributed by atoms with Crippen LogP contribution in [0.2, 0.25) is 0 Å². The molecule has 0 aliphatic carbocycles. The number of hydrogen-bond donors (Lipinski definition) is 1. The van der Waals surface area contributed by atoms with E-state index in [1.165, 1.54) is 21.3 Å². The van der Waals surface area contributed by atoms with E-state index in [0.717, 1.165) is 0 Å². The SMILES string of the molecule is COc1nc(OC)c(C(C)O)c(OC)n1. The van der Waals surface area contributed by atoms with E-state index < -0.39 is 6.10 Å². The molecule has 1 aromatic heterocycles. The van der Waals surface area contributed by atoms with Gasteiger partial charge in [-0.2, -0.15) is 9.97 Å². The summed E-state index contributed by atoms with van der Waals surface area (Å²) in [6, 6.07) is 0.133. The van der Waals surface area contributed by atoms with E-state index in [9.17, 15) is 5.11 Å². The first-order valence-corrected chi connectivity index (χ1v) is 4.36. The van der Waals surface area contributed by atoms with Gasteiger partial charge < -0.3 is 19.3 Å². The van der Waals surface area contributed by atoms with Gasteiger partial charge >= 0.3 is 6.01 Å². The first-order chi connectivity index (χ1) is 7.13. The molecule has 0 aliphatic heterocycles. The van der Waals surface area contributed by atoms with Gasteiger partial charge in [0.25, 0.3) is 0 Å². The van der Waals surface area contributed by atoms with E-state index >= 15 is 0 Å². The monoisotopic (exact) mass is 214 g/mol.